The minimum absolute atomic E-state index is 0.0334. The van der Waals surface area contributed by atoms with E-state index in [-0.39, 0.29) is 7.11 Å². The Morgan fingerprint density at radius 3 is 1.48 bits per heavy atom. The Hall–Kier alpha value is -1.91. The van der Waals surface area contributed by atoms with Gasteiger partial charge in [-0.2, -0.15) is 35.1 Å². The van der Waals surface area contributed by atoms with E-state index in [1.807, 2.05) is 0 Å². The molecule has 0 heterocycles. The topological polar surface area (TPSA) is 35.5 Å². The number of alkyl halides is 8. The van der Waals surface area contributed by atoms with Gasteiger partial charge in [-0.25, -0.2) is 26.7 Å². The number of ether oxygens (including phenoxy) is 2. The van der Waals surface area contributed by atoms with Crippen LogP contribution in [0.1, 0.15) is 0 Å². The SMILES string of the molecule is COC(=O)C(F)(OC(F)(F)C(F)(F)Sc1c(F)c(F)c(F)c(F)c1F)C(F)(F)F. The number of hydrogen-bond donors (Lipinski definition) is 0. The molecular weight excluding hydrogens is 471 g/mol. The first-order valence-electron chi connectivity index (χ1n) is 6.34. The quantitative estimate of drug-likeness (QED) is 0.190. The zero-order valence-electron chi connectivity index (χ0n) is 13.0. The monoisotopic (exact) mass is 474 g/mol. The molecule has 0 spiro atoms. The van der Waals surface area contributed by atoms with Crippen molar-refractivity contribution in [2.75, 3.05) is 7.11 Å². The maximum Gasteiger partial charge on any atom is 0.460 e. The lowest BCUT2D eigenvalue weighted by Gasteiger charge is -2.32. The summed E-state index contributed by atoms with van der Waals surface area (Å²) in [5.41, 5.74) is 0. The first kappa shape index (κ1) is 25.1. The summed E-state index contributed by atoms with van der Waals surface area (Å²) in [5.74, 6) is -24.1. The van der Waals surface area contributed by atoms with Crippen LogP contribution in [0.5, 0.6) is 0 Å². The lowest BCUT2D eigenvalue weighted by molar-refractivity contribution is -0.425. The highest BCUT2D eigenvalue weighted by Gasteiger charge is 2.73. The Morgan fingerprint density at radius 2 is 1.14 bits per heavy atom. The molecular formula is C12H3F13O3S. The van der Waals surface area contributed by atoms with Crippen LogP contribution in [-0.4, -0.2) is 36.5 Å². The summed E-state index contributed by atoms with van der Waals surface area (Å²) in [5, 5.41) is -6.30. The first-order chi connectivity index (χ1) is 12.8. The summed E-state index contributed by atoms with van der Waals surface area (Å²) in [6, 6.07) is 0. The molecule has 0 aliphatic heterocycles. The highest BCUT2D eigenvalue weighted by molar-refractivity contribution is 8.00. The number of hydrogen-bond acceptors (Lipinski definition) is 4. The molecule has 0 saturated carbocycles. The smallest absolute Gasteiger partial charge is 0.460 e. The van der Waals surface area contributed by atoms with E-state index in [9.17, 15) is 61.9 Å². The molecule has 0 aliphatic carbocycles. The molecule has 1 aromatic rings. The van der Waals surface area contributed by atoms with Crippen molar-refractivity contribution in [3.63, 3.8) is 0 Å². The summed E-state index contributed by atoms with van der Waals surface area (Å²) in [6.45, 7) is 0. The summed E-state index contributed by atoms with van der Waals surface area (Å²) in [4.78, 5) is 8.14. The second-order valence-corrected chi connectivity index (χ2v) is 5.85. The summed E-state index contributed by atoms with van der Waals surface area (Å²) in [6.07, 6.45) is -13.4. The number of esters is 1. The van der Waals surface area contributed by atoms with E-state index in [2.05, 4.69) is 9.47 Å². The fourth-order valence-corrected chi connectivity index (χ4v) is 2.22. The number of rotatable bonds is 6. The predicted octanol–water partition coefficient (Wildman–Crippen LogP) is 5.08. The van der Waals surface area contributed by atoms with Gasteiger partial charge >= 0.3 is 29.4 Å². The van der Waals surface area contributed by atoms with Crippen LogP contribution in [0, 0.1) is 29.1 Å². The van der Waals surface area contributed by atoms with Crippen molar-refractivity contribution in [3.05, 3.63) is 29.1 Å². The molecule has 0 amide bonds. The van der Waals surface area contributed by atoms with Gasteiger partial charge in [0.15, 0.2) is 23.3 Å². The van der Waals surface area contributed by atoms with Gasteiger partial charge in [-0.3, -0.25) is 4.74 Å². The summed E-state index contributed by atoms with van der Waals surface area (Å²) >= 11 is -2.18. The van der Waals surface area contributed by atoms with Crippen molar-refractivity contribution >= 4 is 17.7 Å². The second-order valence-electron chi connectivity index (χ2n) is 4.72. The molecule has 0 N–H and O–H groups in total. The van der Waals surface area contributed by atoms with Gasteiger partial charge in [0.2, 0.25) is 5.82 Å². The van der Waals surface area contributed by atoms with Crippen LogP contribution in [0.2, 0.25) is 0 Å². The Kier molecular flexibility index (Phi) is 6.70. The molecule has 0 bridgehead atoms. The number of benzene rings is 1. The first-order valence-corrected chi connectivity index (χ1v) is 7.16. The Labute approximate surface area is 154 Å². The lowest BCUT2D eigenvalue weighted by Crippen LogP contribution is -2.57. The molecule has 3 nitrogen and oxygen atoms in total. The van der Waals surface area contributed by atoms with E-state index in [1.54, 1.807) is 0 Å². The molecule has 0 aliphatic rings. The minimum Gasteiger partial charge on any atom is -0.465 e. The molecule has 0 saturated heterocycles. The van der Waals surface area contributed by atoms with Gasteiger partial charge in [-0.15, -0.1) is 0 Å². The zero-order valence-corrected chi connectivity index (χ0v) is 13.9. The minimum atomic E-state index is -6.71. The van der Waals surface area contributed by atoms with Crippen LogP contribution in [0.15, 0.2) is 4.90 Å². The van der Waals surface area contributed by atoms with Gasteiger partial charge < -0.3 is 4.74 Å². The van der Waals surface area contributed by atoms with Crippen LogP contribution in [0.4, 0.5) is 57.1 Å². The van der Waals surface area contributed by atoms with Crippen molar-refractivity contribution in [2.24, 2.45) is 0 Å². The van der Waals surface area contributed by atoms with Crippen LogP contribution in [0.3, 0.4) is 0 Å². The van der Waals surface area contributed by atoms with E-state index < -0.39 is 75.1 Å². The summed E-state index contributed by atoms with van der Waals surface area (Å²) < 4.78 is 176. The molecule has 17 heteroatoms. The molecule has 1 aromatic carbocycles. The average molecular weight is 474 g/mol. The fourth-order valence-electron chi connectivity index (χ4n) is 1.44. The van der Waals surface area contributed by atoms with Crippen molar-refractivity contribution < 1.29 is 71.3 Å². The maximum atomic E-state index is 13.6. The number of halogens is 13. The molecule has 0 fully saturated rings. The van der Waals surface area contributed by atoms with Crippen LogP contribution < -0.4 is 0 Å². The zero-order chi connectivity index (χ0) is 23.2. The van der Waals surface area contributed by atoms with Crippen LogP contribution in [-0.2, 0) is 14.3 Å². The van der Waals surface area contributed by atoms with Crippen molar-refractivity contribution in [2.45, 2.75) is 28.3 Å². The van der Waals surface area contributed by atoms with Gasteiger partial charge in [0, 0.05) is 0 Å². The molecule has 29 heavy (non-hydrogen) atoms. The Bertz CT molecular complexity index is 780. The third kappa shape index (κ3) is 4.34. The maximum absolute atomic E-state index is 13.6. The highest BCUT2D eigenvalue weighted by Crippen LogP contribution is 2.52. The van der Waals surface area contributed by atoms with Gasteiger partial charge in [0.25, 0.3) is 0 Å². The Balaban J connectivity index is 3.44. The van der Waals surface area contributed by atoms with E-state index in [1.165, 1.54) is 0 Å². The molecule has 0 radical (unpaired) electrons. The number of thioether (sulfide) groups is 1. The largest absolute Gasteiger partial charge is 0.465 e. The third-order valence-corrected chi connectivity index (χ3v) is 3.88. The van der Waals surface area contributed by atoms with Crippen LogP contribution >= 0.6 is 11.8 Å². The Morgan fingerprint density at radius 1 is 0.759 bits per heavy atom. The number of carbonyl (C=O) groups excluding carboxylic acids is 1. The van der Waals surface area contributed by atoms with E-state index in [4.69, 9.17) is 0 Å². The van der Waals surface area contributed by atoms with Gasteiger partial charge in [0.05, 0.1) is 12.0 Å². The van der Waals surface area contributed by atoms with E-state index in [0.29, 0.717) is 0 Å². The number of methoxy groups -OCH3 is 1. The summed E-state index contributed by atoms with van der Waals surface area (Å²) in [7, 11) is 0.0334. The van der Waals surface area contributed by atoms with Crippen molar-refractivity contribution in [1.82, 2.24) is 0 Å². The normalized spacial score (nSPS) is 15.2. The lowest BCUT2D eigenvalue weighted by atomic mass is 10.3. The van der Waals surface area contributed by atoms with Crippen molar-refractivity contribution in [1.29, 1.82) is 0 Å². The average Bonchev–Trinajstić information content (AvgIpc) is 2.59. The predicted molar refractivity (Wildman–Crippen MR) is 65.0 cm³/mol. The highest BCUT2D eigenvalue weighted by atomic mass is 32.2. The molecule has 1 rings (SSSR count). The molecule has 1 unspecified atom stereocenters. The standard InChI is InChI=1S/C12H3F13O3S/c1-27-8(26)9(18,10(19,20)21)28-11(22,23)12(24,25)29-7-5(16)3(14)2(13)4(15)6(7)17/h1H3. The number of carbonyl (C=O) groups is 1. The van der Waals surface area contributed by atoms with E-state index in [0.717, 1.165) is 0 Å². The molecule has 166 valence electrons. The van der Waals surface area contributed by atoms with Gasteiger partial charge in [0.1, 0.15) is 0 Å². The van der Waals surface area contributed by atoms with Crippen LogP contribution in [0.25, 0.3) is 0 Å². The van der Waals surface area contributed by atoms with E-state index >= 15 is 0 Å². The van der Waals surface area contributed by atoms with Crippen molar-refractivity contribution in [3.8, 4) is 0 Å². The van der Waals surface area contributed by atoms with Gasteiger partial charge in [-0.05, 0) is 11.8 Å². The fraction of sp³-hybridized carbons (Fsp3) is 0.417. The molecule has 0 aromatic heterocycles. The molecule has 1 atom stereocenters. The third-order valence-electron chi connectivity index (χ3n) is 2.82. The second kappa shape index (κ2) is 7.73. The van der Waals surface area contributed by atoms with Gasteiger partial charge in [-0.1, -0.05) is 0 Å².